The molecule has 0 saturated carbocycles. The Morgan fingerprint density at radius 1 is 1.12 bits per heavy atom. The first kappa shape index (κ1) is 13.2. The number of hydrogen-bond donors (Lipinski definition) is 1. The van der Waals surface area contributed by atoms with Crippen LogP contribution < -0.4 is 5.32 Å². The quantitative estimate of drug-likeness (QED) is 0.760. The monoisotopic (exact) mass is 220 g/mol. The van der Waals surface area contributed by atoms with E-state index in [0.29, 0.717) is 0 Å². The number of hydrogen-bond acceptors (Lipinski definition) is 2. The first-order chi connectivity index (χ1) is 7.81. The second kappa shape index (κ2) is 7.42. The minimum absolute atomic E-state index is 0.958. The summed E-state index contributed by atoms with van der Waals surface area (Å²) in [6, 6.07) is 8.71. The van der Waals surface area contributed by atoms with Crippen LogP contribution in [0.15, 0.2) is 24.3 Å². The molecule has 90 valence electrons. The smallest absolute Gasteiger partial charge is 0.0236 e. The van der Waals surface area contributed by atoms with Crippen molar-refractivity contribution >= 4 is 0 Å². The first-order valence-corrected chi connectivity index (χ1v) is 6.25. The summed E-state index contributed by atoms with van der Waals surface area (Å²) >= 11 is 0. The molecule has 0 aliphatic rings. The Kier molecular flexibility index (Phi) is 6.12. The third-order valence-corrected chi connectivity index (χ3v) is 2.87. The van der Waals surface area contributed by atoms with Crippen molar-refractivity contribution in [2.24, 2.45) is 0 Å². The topological polar surface area (TPSA) is 15.3 Å². The van der Waals surface area contributed by atoms with Gasteiger partial charge in [-0.1, -0.05) is 38.1 Å². The molecule has 2 nitrogen and oxygen atoms in total. The highest BCUT2D eigenvalue weighted by molar-refractivity contribution is 5.26. The fourth-order valence-corrected chi connectivity index (χ4v) is 1.98. The molecule has 0 aliphatic carbocycles. The summed E-state index contributed by atoms with van der Waals surface area (Å²) in [6.07, 6.45) is 1.22. The first-order valence-electron chi connectivity index (χ1n) is 6.25. The molecule has 0 unspecified atom stereocenters. The van der Waals surface area contributed by atoms with Gasteiger partial charge < -0.3 is 5.32 Å². The zero-order chi connectivity index (χ0) is 11.8. The van der Waals surface area contributed by atoms with Crippen LogP contribution in [0.1, 0.15) is 31.4 Å². The largest absolute Gasteiger partial charge is 0.316 e. The summed E-state index contributed by atoms with van der Waals surface area (Å²) in [5, 5.41) is 3.23. The molecule has 1 rings (SSSR count). The van der Waals surface area contributed by atoms with Gasteiger partial charge in [0.25, 0.3) is 0 Å². The van der Waals surface area contributed by atoms with Crippen molar-refractivity contribution in [3.05, 3.63) is 35.4 Å². The number of benzene rings is 1. The van der Waals surface area contributed by atoms with Crippen molar-refractivity contribution in [3.8, 4) is 0 Å². The van der Waals surface area contributed by atoms with E-state index >= 15 is 0 Å². The van der Waals surface area contributed by atoms with Gasteiger partial charge in [-0.2, -0.15) is 0 Å². The van der Waals surface area contributed by atoms with Crippen LogP contribution in [0.4, 0.5) is 0 Å². The maximum Gasteiger partial charge on any atom is 0.0236 e. The molecule has 0 heterocycles. The molecule has 0 aliphatic heterocycles. The van der Waals surface area contributed by atoms with Gasteiger partial charge in [-0.15, -0.1) is 0 Å². The average Bonchev–Trinajstić information content (AvgIpc) is 2.31. The van der Waals surface area contributed by atoms with Gasteiger partial charge >= 0.3 is 0 Å². The van der Waals surface area contributed by atoms with E-state index in [1.807, 2.05) is 7.05 Å². The maximum atomic E-state index is 3.23. The molecular formula is C14H24N2. The van der Waals surface area contributed by atoms with Crippen LogP contribution in [0.5, 0.6) is 0 Å². The summed E-state index contributed by atoms with van der Waals surface area (Å²) in [5.74, 6) is 0. The average molecular weight is 220 g/mol. The Balaban J connectivity index is 2.70. The van der Waals surface area contributed by atoms with E-state index < -0.39 is 0 Å². The van der Waals surface area contributed by atoms with Crippen LogP contribution in [0.3, 0.4) is 0 Å². The molecule has 0 radical (unpaired) electrons. The van der Waals surface area contributed by atoms with Crippen LogP contribution in [0, 0.1) is 0 Å². The van der Waals surface area contributed by atoms with Crippen molar-refractivity contribution in [1.82, 2.24) is 10.2 Å². The summed E-state index contributed by atoms with van der Waals surface area (Å²) in [5.41, 5.74) is 2.87. The van der Waals surface area contributed by atoms with E-state index in [9.17, 15) is 0 Å². The third-order valence-electron chi connectivity index (χ3n) is 2.87. The molecule has 1 aromatic carbocycles. The summed E-state index contributed by atoms with van der Waals surface area (Å²) in [6.45, 7) is 8.81. The second-order valence-electron chi connectivity index (χ2n) is 4.17. The van der Waals surface area contributed by atoms with Gasteiger partial charge in [0, 0.05) is 13.1 Å². The fourth-order valence-electron chi connectivity index (χ4n) is 1.98. The summed E-state index contributed by atoms with van der Waals surface area (Å²) in [4.78, 5) is 2.49. The number of nitrogens with zero attached hydrogens (tertiary/aromatic N) is 1. The zero-order valence-corrected chi connectivity index (χ0v) is 10.8. The predicted molar refractivity (Wildman–Crippen MR) is 70.4 cm³/mol. The Morgan fingerprint density at radius 2 is 1.81 bits per heavy atom. The Morgan fingerprint density at radius 3 is 2.38 bits per heavy atom. The minimum atomic E-state index is 0.958. The number of rotatable bonds is 7. The molecule has 0 saturated heterocycles. The molecule has 16 heavy (non-hydrogen) atoms. The Hall–Kier alpha value is -0.860. The zero-order valence-electron chi connectivity index (χ0n) is 10.8. The van der Waals surface area contributed by atoms with Gasteiger partial charge in [0.05, 0.1) is 0 Å². The van der Waals surface area contributed by atoms with Crippen LogP contribution in [-0.2, 0) is 13.1 Å². The Bertz CT molecular complexity index is 297. The van der Waals surface area contributed by atoms with E-state index in [4.69, 9.17) is 0 Å². The maximum absolute atomic E-state index is 3.23. The standard InChI is InChI=1S/C14H24N2/c1-4-10-16(5-2)12-14-9-7-6-8-13(14)11-15-3/h6-9,15H,4-5,10-12H2,1-3H3. The van der Waals surface area contributed by atoms with Crippen molar-refractivity contribution in [3.63, 3.8) is 0 Å². The highest BCUT2D eigenvalue weighted by Crippen LogP contribution is 2.11. The van der Waals surface area contributed by atoms with Crippen LogP contribution in [0.25, 0.3) is 0 Å². The van der Waals surface area contributed by atoms with Gasteiger partial charge in [0.15, 0.2) is 0 Å². The molecule has 2 heteroatoms. The lowest BCUT2D eigenvalue weighted by molar-refractivity contribution is 0.279. The molecular weight excluding hydrogens is 196 g/mol. The molecule has 0 atom stereocenters. The van der Waals surface area contributed by atoms with E-state index in [0.717, 1.165) is 19.6 Å². The van der Waals surface area contributed by atoms with Gasteiger partial charge in [-0.25, -0.2) is 0 Å². The van der Waals surface area contributed by atoms with E-state index in [-0.39, 0.29) is 0 Å². The normalized spacial score (nSPS) is 11.0. The number of nitrogens with one attached hydrogen (secondary N) is 1. The molecule has 0 aromatic heterocycles. The summed E-state index contributed by atoms with van der Waals surface area (Å²) in [7, 11) is 2.00. The lowest BCUT2D eigenvalue weighted by atomic mass is 10.1. The predicted octanol–water partition coefficient (Wildman–Crippen LogP) is 2.64. The molecule has 0 fully saturated rings. The lowest BCUT2D eigenvalue weighted by Crippen LogP contribution is -2.24. The van der Waals surface area contributed by atoms with Gasteiger partial charge in [0.2, 0.25) is 0 Å². The van der Waals surface area contributed by atoms with Crippen molar-refractivity contribution < 1.29 is 0 Å². The van der Waals surface area contributed by atoms with Gasteiger partial charge in [-0.05, 0) is 37.7 Å². The highest BCUT2D eigenvalue weighted by Gasteiger charge is 2.05. The van der Waals surface area contributed by atoms with E-state index in [2.05, 4.69) is 48.3 Å². The van der Waals surface area contributed by atoms with Gasteiger partial charge in [0.1, 0.15) is 0 Å². The Labute approximate surface area is 99.7 Å². The molecule has 1 N–H and O–H groups in total. The van der Waals surface area contributed by atoms with E-state index in [1.54, 1.807) is 0 Å². The molecule has 0 spiro atoms. The van der Waals surface area contributed by atoms with Crippen molar-refractivity contribution in [2.45, 2.75) is 33.4 Å². The third kappa shape index (κ3) is 3.95. The summed E-state index contributed by atoms with van der Waals surface area (Å²) < 4.78 is 0. The lowest BCUT2D eigenvalue weighted by Gasteiger charge is -2.21. The van der Waals surface area contributed by atoms with Crippen molar-refractivity contribution in [2.75, 3.05) is 20.1 Å². The van der Waals surface area contributed by atoms with Gasteiger partial charge in [-0.3, -0.25) is 4.90 Å². The molecule has 0 bridgehead atoms. The molecule has 0 amide bonds. The second-order valence-corrected chi connectivity index (χ2v) is 4.17. The highest BCUT2D eigenvalue weighted by atomic mass is 15.1. The molecule has 1 aromatic rings. The minimum Gasteiger partial charge on any atom is -0.316 e. The SMILES string of the molecule is CCCN(CC)Cc1ccccc1CNC. The van der Waals surface area contributed by atoms with Crippen LogP contribution in [-0.4, -0.2) is 25.0 Å². The fraction of sp³-hybridized carbons (Fsp3) is 0.571. The van der Waals surface area contributed by atoms with Crippen molar-refractivity contribution in [1.29, 1.82) is 0 Å². The van der Waals surface area contributed by atoms with Crippen LogP contribution >= 0.6 is 0 Å². The van der Waals surface area contributed by atoms with E-state index in [1.165, 1.54) is 24.1 Å². The van der Waals surface area contributed by atoms with Crippen LogP contribution in [0.2, 0.25) is 0 Å².